The van der Waals surface area contributed by atoms with E-state index in [4.69, 9.17) is 5.11 Å². The van der Waals surface area contributed by atoms with Gasteiger partial charge in [-0.3, -0.25) is 4.79 Å². The Balaban J connectivity index is 3.90. The average Bonchev–Trinajstić information content (AvgIpc) is 2.02. The summed E-state index contributed by atoms with van der Waals surface area (Å²) in [6, 6.07) is -0.0928. The predicted octanol–water partition coefficient (Wildman–Crippen LogP) is 0.569. The van der Waals surface area contributed by atoms with E-state index in [2.05, 4.69) is 4.72 Å². The summed E-state index contributed by atoms with van der Waals surface area (Å²) < 4.78 is 25.0. The summed E-state index contributed by atoms with van der Waals surface area (Å²) >= 11 is 0. The van der Waals surface area contributed by atoms with Gasteiger partial charge in [0.15, 0.2) is 0 Å². The Bertz CT molecular complexity index is 273. The molecule has 0 spiro atoms. The molecule has 0 amide bonds. The molecule has 0 radical (unpaired) electrons. The fourth-order valence-electron chi connectivity index (χ4n) is 0.862. The summed E-state index contributed by atoms with van der Waals surface area (Å²) in [5.74, 6) is -1.09. The summed E-state index contributed by atoms with van der Waals surface area (Å²) in [6.07, 6.45) is 0.765. The van der Waals surface area contributed by atoms with Crippen LogP contribution in [-0.2, 0) is 14.8 Å². The van der Waals surface area contributed by atoms with Gasteiger partial charge in [-0.05, 0) is 19.8 Å². The molecule has 0 heterocycles. The SMILES string of the molecule is CCC(C)NS(=O)(=O)CCCC(=O)O. The molecular formula is C8H17NO4S. The van der Waals surface area contributed by atoms with Crippen LogP contribution in [0.3, 0.4) is 0 Å². The molecule has 0 aliphatic carbocycles. The Morgan fingerprint density at radius 1 is 1.50 bits per heavy atom. The molecule has 1 atom stereocenters. The van der Waals surface area contributed by atoms with Gasteiger partial charge in [0.25, 0.3) is 0 Å². The van der Waals surface area contributed by atoms with E-state index in [1.165, 1.54) is 0 Å². The Morgan fingerprint density at radius 3 is 2.50 bits per heavy atom. The van der Waals surface area contributed by atoms with E-state index >= 15 is 0 Å². The van der Waals surface area contributed by atoms with E-state index < -0.39 is 16.0 Å². The lowest BCUT2D eigenvalue weighted by Crippen LogP contribution is -2.33. The van der Waals surface area contributed by atoms with E-state index in [0.717, 1.165) is 6.42 Å². The second-order valence-electron chi connectivity index (χ2n) is 3.24. The Morgan fingerprint density at radius 2 is 2.07 bits per heavy atom. The predicted molar refractivity (Wildman–Crippen MR) is 53.5 cm³/mol. The van der Waals surface area contributed by atoms with E-state index in [1.807, 2.05) is 6.92 Å². The largest absolute Gasteiger partial charge is 0.481 e. The fraction of sp³-hybridized carbons (Fsp3) is 0.875. The van der Waals surface area contributed by atoms with Gasteiger partial charge >= 0.3 is 5.97 Å². The van der Waals surface area contributed by atoms with Crippen molar-refractivity contribution in [3.8, 4) is 0 Å². The minimum absolute atomic E-state index is 0.0928. The second-order valence-corrected chi connectivity index (χ2v) is 5.12. The highest BCUT2D eigenvalue weighted by molar-refractivity contribution is 7.89. The molecule has 0 aromatic rings. The molecule has 0 rings (SSSR count). The van der Waals surface area contributed by atoms with Gasteiger partial charge in [-0.15, -0.1) is 0 Å². The van der Waals surface area contributed by atoms with Gasteiger partial charge in [0.1, 0.15) is 0 Å². The second kappa shape index (κ2) is 5.98. The van der Waals surface area contributed by atoms with Crippen LogP contribution >= 0.6 is 0 Å². The van der Waals surface area contributed by atoms with Crippen LogP contribution in [0.25, 0.3) is 0 Å². The highest BCUT2D eigenvalue weighted by Gasteiger charge is 2.13. The zero-order chi connectivity index (χ0) is 11.2. The number of carboxylic acid groups (broad SMARTS) is 1. The third-order valence-electron chi connectivity index (χ3n) is 1.80. The van der Waals surface area contributed by atoms with Crippen molar-refractivity contribution < 1.29 is 18.3 Å². The van der Waals surface area contributed by atoms with Crippen molar-refractivity contribution in [1.82, 2.24) is 4.72 Å². The minimum Gasteiger partial charge on any atom is -0.481 e. The van der Waals surface area contributed by atoms with Gasteiger partial charge in [-0.1, -0.05) is 6.92 Å². The molecule has 0 fully saturated rings. The molecule has 6 heteroatoms. The Kier molecular flexibility index (Phi) is 5.71. The highest BCUT2D eigenvalue weighted by Crippen LogP contribution is 1.98. The van der Waals surface area contributed by atoms with E-state index in [1.54, 1.807) is 6.92 Å². The molecule has 5 nitrogen and oxygen atoms in total. The molecule has 0 aromatic heterocycles. The van der Waals surface area contributed by atoms with Crippen LogP contribution in [0.2, 0.25) is 0 Å². The van der Waals surface area contributed by atoms with Gasteiger partial charge in [-0.2, -0.15) is 0 Å². The standard InChI is InChI=1S/C8H17NO4S/c1-3-7(2)9-14(12,13)6-4-5-8(10)11/h7,9H,3-6H2,1-2H3,(H,10,11). The van der Waals surface area contributed by atoms with Gasteiger partial charge in [0.2, 0.25) is 10.0 Å². The third-order valence-corrected chi connectivity index (χ3v) is 3.38. The van der Waals surface area contributed by atoms with E-state index in [9.17, 15) is 13.2 Å². The normalized spacial score (nSPS) is 13.9. The summed E-state index contributed by atoms with van der Waals surface area (Å²) in [5.41, 5.74) is 0. The number of rotatable bonds is 7. The molecule has 0 saturated carbocycles. The summed E-state index contributed by atoms with van der Waals surface area (Å²) in [7, 11) is -3.30. The average molecular weight is 223 g/mol. The van der Waals surface area contributed by atoms with Crippen molar-refractivity contribution in [1.29, 1.82) is 0 Å². The van der Waals surface area contributed by atoms with Crippen molar-refractivity contribution >= 4 is 16.0 Å². The van der Waals surface area contributed by atoms with Crippen LogP contribution in [0, 0.1) is 0 Å². The monoisotopic (exact) mass is 223 g/mol. The summed E-state index contributed by atoms with van der Waals surface area (Å²) in [4.78, 5) is 10.1. The van der Waals surface area contributed by atoms with Crippen molar-refractivity contribution in [3.63, 3.8) is 0 Å². The molecule has 0 bridgehead atoms. The van der Waals surface area contributed by atoms with E-state index in [0.29, 0.717) is 0 Å². The van der Waals surface area contributed by atoms with Gasteiger partial charge in [-0.25, -0.2) is 13.1 Å². The molecule has 84 valence electrons. The number of aliphatic carboxylic acids is 1. The summed E-state index contributed by atoms with van der Waals surface area (Å²) in [6.45, 7) is 3.65. The van der Waals surface area contributed by atoms with Crippen LogP contribution in [0.15, 0.2) is 0 Å². The first-order chi connectivity index (χ1) is 6.37. The molecule has 1 unspecified atom stereocenters. The topological polar surface area (TPSA) is 83.5 Å². The van der Waals surface area contributed by atoms with Crippen molar-refractivity contribution in [2.24, 2.45) is 0 Å². The molecular weight excluding hydrogens is 206 g/mol. The maximum Gasteiger partial charge on any atom is 0.303 e. The first-order valence-corrected chi connectivity index (χ1v) is 6.24. The van der Waals surface area contributed by atoms with Crippen LogP contribution in [0.5, 0.6) is 0 Å². The third kappa shape index (κ3) is 6.85. The number of sulfonamides is 1. The molecule has 0 aliphatic rings. The van der Waals surface area contributed by atoms with Crippen LogP contribution in [0.4, 0.5) is 0 Å². The number of hydrogen-bond acceptors (Lipinski definition) is 3. The van der Waals surface area contributed by atoms with Crippen LogP contribution < -0.4 is 4.72 Å². The first kappa shape index (κ1) is 13.4. The Labute approximate surface area is 84.6 Å². The first-order valence-electron chi connectivity index (χ1n) is 4.59. The molecule has 2 N–H and O–H groups in total. The lowest BCUT2D eigenvalue weighted by Gasteiger charge is -2.11. The zero-order valence-corrected chi connectivity index (χ0v) is 9.30. The lowest BCUT2D eigenvalue weighted by molar-refractivity contribution is -0.137. The summed E-state index contributed by atoms with van der Waals surface area (Å²) in [5, 5.41) is 8.32. The molecule has 0 aliphatic heterocycles. The maximum atomic E-state index is 11.3. The quantitative estimate of drug-likeness (QED) is 0.661. The van der Waals surface area contributed by atoms with Crippen LogP contribution in [-0.4, -0.2) is 31.3 Å². The Hall–Kier alpha value is -0.620. The minimum atomic E-state index is -3.30. The fourth-order valence-corrected chi connectivity index (χ4v) is 2.28. The number of hydrogen-bond donors (Lipinski definition) is 2. The van der Waals surface area contributed by atoms with Crippen molar-refractivity contribution in [2.75, 3.05) is 5.75 Å². The molecule has 0 aromatic carbocycles. The number of carboxylic acids is 1. The van der Waals surface area contributed by atoms with Gasteiger partial charge in [0.05, 0.1) is 5.75 Å². The van der Waals surface area contributed by atoms with Crippen LogP contribution in [0.1, 0.15) is 33.1 Å². The zero-order valence-electron chi connectivity index (χ0n) is 8.49. The highest BCUT2D eigenvalue weighted by atomic mass is 32.2. The number of carbonyl (C=O) groups is 1. The van der Waals surface area contributed by atoms with Gasteiger partial charge < -0.3 is 5.11 Å². The van der Waals surface area contributed by atoms with Gasteiger partial charge in [0, 0.05) is 12.5 Å². The number of nitrogens with one attached hydrogen (secondary N) is 1. The van der Waals surface area contributed by atoms with Crippen molar-refractivity contribution in [2.45, 2.75) is 39.2 Å². The van der Waals surface area contributed by atoms with Crippen molar-refractivity contribution in [3.05, 3.63) is 0 Å². The smallest absolute Gasteiger partial charge is 0.303 e. The maximum absolute atomic E-state index is 11.3. The molecule has 14 heavy (non-hydrogen) atoms. The molecule has 0 saturated heterocycles. The lowest BCUT2D eigenvalue weighted by atomic mass is 10.3. The van der Waals surface area contributed by atoms with E-state index in [-0.39, 0.29) is 24.6 Å².